The quantitative estimate of drug-likeness (QED) is 0.478. The molecule has 68 valence electrons. The number of ether oxygens (including phenoxy) is 1. The molecule has 0 amide bonds. The van der Waals surface area contributed by atoms with E-state index < -0.39 is 0 Å². The minimum Gasteiger partial charge on any atom is -0.427 e. The standard InChI is InChI=1S/C8H8O2.CO2/c1-7(9)10-8-5-3-2-4-6-8;2-1-3/h2-6H,1H3;. The van der Waals surface area contributed by atoms with Gasteiger partial charge in [0.25, 0.3) is 0 Å². The zero-order chi connectivity index (χ0) is 10.1. The van der Waals surface area contributed by atoms with Crippen molar-refractivity contribution in [3.05, 3.63) is 30.3 Å². The highest BCUT2D eigenvalue weighted by Crippen LogP contribution is 2.07. The van der Waals surface area contributed by atoms with Crippen LogP contribution >= 0.6 is 0 Å². The molecule has 0 saturated carbocycles. The monoisotopic (exact) mass is 180 g/mol. The zero-order valence-electron chi connectivity index (χ0n) is 7.02. The van der Waals surface area contributed by atoms with Gasteiger partial charge in [-0.05, 0) is 12.1 Å². The van der Waals surface area contributed by atoms with E-state index in [1.165, 1.54) is 6.92 Å². The first-order valence-corrected chi connectivity index (χ1v) is 3.43. The molecule has 0 aromatic heterocycles. The summed E-state index contributed by atoms with van der Waals surface area (Å²) in [5.74, 6) is 0.307. The third kappa shape index (κ3) is 6.47. The van der Waals surface area contributed by atoms with Crippen LogP contribution < -0.4 is 4.74 Å². The van der Waals surface area contributed by atoms with Gasteiger partial charge in [0.15, 0.2) is 0 Å². The van der Waals surface area contributed by atoms with Gasteiger partial charge in [0.05, 0.1) is 0 Å². The van der Waals surface area contributed by atoms with Gasteiger partial charge >= 0.3 is 12.1 Å². The first kappa shape index (κ1) is 11.1. The minimum absolute atomic E-state index is 0.250. The van der Waals surface area contributed by atoms with Crippen molar-refractivity contribution in [3.8, 4) is 5.75 Å². The molecule has 0 radical (unpaired) electrons. The van der Waals surface area contributed by atoms with E-state index >= 15 is 0 Å². The third-order valence-electron chi connectivity index (χ3n) is 1.00. The van der Waals surface area contributed by atoms with E-state index in [-0.39, 0.29) is 12.1 Å². The molecule has 0 N–H and O–H groups in total. The molecule has 0 spiro atoms. The Morgan fingerprint density at radius 3 is 2.08 bits per heavy atom. The zero-order valence-corrected chi connectivity index (χ0v) is 7.02. The van der Waals surface area contributed by atoms with E-state index in [1.807, 2.05) is 18.2 Å². The van der Waals surface area contributed by atoms with Crippen molar-refractivity contribution in [1.82, 2.24) is 0 Å². The van der Waals surface area contributed by atoms with Gasteiger partial charge in [-0.15, -0.1) is 0 Å². The fraction of sp³-hybridized carbons (Fsp3) is 0.111. The predicted molar refractivity (Wildman–Crippen MR) is 42.8 cm³/mol. The largest absolute Gasteiger partial charge is 0.427 e. The molecule has 0 unspecified atom stereocenters. The van der Waals surface area contributed by atoms with E-state index in [0.717, 1.165) is 0 Å². The first-order valence-electron chi connectivity index (χ1n) is 3.43. The molecule has 0 aliphatic carbocycles. The van der Waals surface area contributed by atoms with Crippen LogP contribution in [-0.2, 0) is 14.4 Å². The Bertz CT molecular complexity index is 286. The van der Waals surface area contributed by atoms with Crippen molar-refractivity contribution in [2.24, 2.45) is 0 Å². The van der Waals surface area contributed by atoms with E-state index in [0.29, 0.717) is 5.75 Å². The van der Waals surface area contributed by atoms with Crippen LogP contribution in [0.3, 0.4) is 0 Å². The Labute approximate surface area is 75.1 Å². The summed E-state index contributed by atoms with van der Waals surface area (Å²) in [6.07, 6.45) is 0.250. The Morgan fingerprint density at radius 2 is 1.69 bits per heavy atom. The van der Waals surface area contributed by atoms with Crippen LogP contribution in [-0.4, -0.2) is 12.1 Å². The molecule has 0 atom stereocenters. The molecule has 0 saturated heterocycles. The molecule has 0 heterocycles. The maximum absolute atomic E-state index is 10.4. The second-order valence-corrected chi connectivity index (χ2v) is 1.99. The number of carbonyl (C=O) groups excluding carboxylic acids is 3. The van der Waals surface area contributed by atoms with Gasteiger partial charge in [-0.3, -0.25) is 4.79 Å². The van der Waals surface area contributed by atoms with Gasteiger partial charge in [-0.25, -0.2) is 0 Å². The van der Waals surface area contributed by atoms with E-state index in [2.05, 4.69) is 0 Å². The molecule has 13 heavy (non-hydrogen) atoms. The minimum atomic E-state index is -0.286. The van der Waals surface area contributed by atoms with E-state index in [4.69, 9.17) is 14.3 Å². The Morgan fingerprint density at radius 1 is 1.23 bits per heavy atom. The average Bonchev–Trinajstić information content (AvgIpc) is 2.06. The van der Waals surface area contributed by atoms with Crippen LogP contribution in [0, 0.1) is 0 Å². The van der Waals surface area contributed by atoms with Crippen molar-refractivity contribution in [2.45, 2.75) is 6.92 Å². The predicted octanol–water partition coefficient (Wildman–Crippen LogP) is 1.03. The number of benzene rings is 1. The van der Waals surface area contributed by atoms with E-state index in [1.54, 1.807) is 12.1 Å². The second-order valence-electron chi connectivity index (χ2n) is 1.99. The van der Waals surface area contributed by atoms with E-state index in [9.17, 15) is 4.79 Å². The summed E-state index contributed by atoms with van der Waals surface area (Å²) in [6.45, 7) is 1.38. The number of hydrogen-bond acceptors (Lipinski definition) is 4. The van der Waals surface area contributed by atoms with Crippen molar-refractivity contribution in [2.75, 3.05) is 0 Å². The third-order valence-corrected chi connectivity index (χ3v) is 1.00. The maximum Gasteiger partial charge on any atom is 0.373 e. The summed E-state index contributed by atoms with van der Waals surface area (Å²) in [7, 11) is 0. The highest BCUT2D eigenvalue weighted by molar-refractivity contribution is 5.69. The van der Waals surface area contributed by atoms with Gasteiger partial charge in [0.2, 0.25) is 0 Å². The number of esters is 1. The Kier molecular flexibility index (Phi) is 5.76. The Balaban J connectivity index is 0.000000424. The van der Waals surface area contributed by atoms with Crippen LogP contribution in [0.1, 0.15) is 6.92 Å². The molecule has 0 aliphatic heterocycles. The topological polar surface area (TPSA) is 60.4 Å². The number of hydrogen-bond donors (Lipinski definition) is 0. The van der Waals surface area contributed by atoms with Gasteiger partial charge < -0.3 is 4.74 Å². The van der Waals surface area contributed by atoms with Crippen molar-refractivity contribution in [1.29, 1.82) is 0 Å². The molecule has 4 nitrogen and oxygen atoms in total. The number of rotatable bonds is 1. The smallest absolute Gasteiger partial charge is 0.373 e. The molecule has 1 aromatic rings. The van der Waals surface area contributed by atoms with Crippen LogP contribution in [0.15, 0.2) is 30.3 Å². The number of para-hydroxylation sites is 1. The normalized spacial score (nSPS) is 7.46. The van der Waals surface area contributed by atoms with Gasteiger partial charge in [0, 0.05) is 6.92 Å². The lowest BCUT2D eigenvalue weighted by Crippen LogP contribution is -2.00. The maximum atomic E-state index is 10.4. The van der Waals surface area contributed by atoms with Crippen LogP contribution in [0.4, 0.5) is 0 Å². The molecular weight excluding hydrogens is 172 g/mol. The second kappa shape index (κ2) is 6.76. The van der Waals surface area contributed by atoms with Crippen molar-refractivity contribution >= 4 is 12.1 Å². The lowest BCUT2D eigenvalue weighted by atomic mass is 10.3. The molecule has 4 heteroatoms. The summed E-state index contributed by atoms with van der Waals surface area (Å²) in [5, 5.41) is 0. The van der Waals surface area contributed by atoms with Gasteiger partial charge in [0.1, 0.15) is 5.75 Å². The summed E-state index contributed by atoms with van der Waals surface area (Å²) >= 11 is 0. The lowest BCUT2D eigenvalue weighted by molar-refractivity contribution is -0.191. The summed E-state index contributed by atoms with van der Waals surface area (Å²) in [5.41, 5.74) is 0. The lowest BCUT2D eigenvalue weighted by Gasteiger charge is -1.97. The first-order chi connectivity index (χ1) is 6.20. The molecule has 0 bridgehead atoms. The highest BCUT2D eigenvalue weighted by Gasteiger charge is 1.92. The van der Waals surface area contributed by atoms with Gasteiger partial charge in [-0.2, -0.15) is 9.59 Å². The fourth-order valence-corrected chi connectivity index (χ4v) is 0.655. The fourth-order valence-electron chi connectivity index (χ4n) is 0.655. The number of carbonyl (C=O) groups is 1. The highest BCUT2D eigenvalue weighted by atomic mass is 16.5. The van der Waals surface area contributed by atoms with Crippen molar-refractivity contribution < 1.29 is 19.1 Å². The molecular formula is C9H8O4. The van der Waals surface area contributed by atoms with Crippen LogP contribution in [0.5, 0.6) is 5.75 Å². The van der Waals surface area contributed by atoms with Crippen molar-refractivity contribution in [3.63, 3.8) is 0 Å². The SMILES string of the molecule is CC(=O)Oc1ccccc1.O=C=O. The summed E-state index contributed by atoms with van der Waals surface area (Å²) in [6, 6.07) is 8.98. The summed E-state index contributed by atoms with van der Waals surface area (Å²) < 4.78 is 4.78. The van der Waals surface area contributed by atoms with Gasteiger partial charge in [-0.1, -0.05) is 18.2 Å². The molecule has 0 fully saturated rings. The average molecular weight is 180 g/mol. The Hall–Kier alpha value is -1.93. The molecule has 1 rings (SSSR count). The summed E-state index contributed by atoms with van der Waals surface area (Å²) in [4.78, 5) is 26.6. The molecule has 1 aromatic carbocycles. The van der Waals surface area contributed by atoms with Crippen LogP contribution in [0.25, 0.3) is 0 Å². The molecule has 0 aliphatic rings. The van der Waals surface area contributed by atoms with Crippen LogP contribution in [0.2, 0.25) is 0 Å².